The van der Waals surface area contributed by atoms with Gasteiger partial charge in [0.25, 0.3) is 0 Å². The zero-order valence-corrected chi connectivity index (χ0v) is 10.1. The molecule has 1 saturated heterocycles. The molecule has 2 aliphatic rings. The zero-order valence-electron chi connectivity index (χ0n) is 9.29. The van der Waals surface area contributed by atoms with Crippen molar-refractivity contribution in [2.24, 2.45) is 17.3 Å². The molecule has 14 heavy (non-hydrogen) atoms. The van der Waals surface area contributed by atoms with Crippen LogP contribution >= 0.6 is 0 Å². The normalized spacial score (nSPS) is 45.7. The first-order valence-electron chi connectivity index (χ1n) is 5.57. The highest BCUT2D eigenvalue weighted by atomic mass is 32.2. The number of fused-ring (bicyclic) bond motifs is 1. The Morgan fingerprint density at radius 3 is 2.43 bits per heavy atom. The Morgan fingerprint density at radius 1 is 1.29 bits per heavy atom. The number of sulfone groups is 1. The van der Waals surface area contributed by atoms with Crippen LogP contribution in [-0.2, 0) is 9.84 Å². The molecule has 0 aromatic rings. The summed E-state index contributed by atoms with van der Waals surface area (Å²) < 4.78 is 23.5. The summed E-state index contributed by atoms with van der Waals surface area (Å²) in [7, 11) is -2.73. The molecule has 0 radical (unpaired) electrons. The van der Waals surface area contributed by atoms with Crippen molar-refractivity contribution >= 4 is 9.84 Å². The van der Waals surface area contributed by atoms with Crippen LogP contribution in [-0.4, -0.2) is 19.4 Å². The second-order valence-corrected chi connectivity index (χ2v) is 8.01. The average molecular weight is 216 g/mol. The smallest absolute Gasteiger partial charge is 0.153 e. The molecule has 82 valence electrons. The van der Waals surface area contributed by atoms with Crippen LogP contribution in [0, 0.1) is 17.3 Å². The van der Waals surface area contributed by atoms with Crippen LogP contribution in [0.25, 0.3) is 0 Å². The van der Waals surface area contributed by atoms with Gasteiger partial charge in [-0.3, -0.25) is 0 Å². The van der Waals surface area contributed by atoms with Crippen molar-refractivity contribution < 1.29 is 8.42 Å². The minimum absolute atomic E-state index is 0.00472. The molecular weight excluding hydrogens is 196 g/mol. The lowest BCUT2D eigenvalue weighted by molar-refractivity contribution is 0.216. The lowest BCUT2D eigenvalue weighted by Crippen LogP contribution is -2.23. The van der Waals surface area contributed by atoms with Crippen molar-refractivity contribution in [2.75, 3.05) is 5.75 Å². The molecule has 1 heterocycles. The first-order chi connectivity index (χ1) is 6.35. The summed E-state index contributed by atoms with van der Waals surface area (Å²) in [6.45, 7) is 6.69. The Morgan fingerprint density at radius 2 is 1.93 bits per heavy atom. The summed E-state index contributed by atoms with van der Waals surface area (Å²) >= 11 is 0. The van der Waals surface area contributed by atoms with E-state index >= 15 is 0 Å². The minimum atomic E-state index is -2.73. The summed E-state index contributed by atoms with van der Waals surface area (Å²) in [5.41, 5.74) is 0.267. The van der Waals surface area contributed by atoms with Gasteiger partial charge < -0.3 is 0 Å². The van der Waals surface area contributed by atoms with E-state index in [0.717, 1.165) is 19.3 Å². The van der Waals surface area contributed by atoms with Gasteiger partial charge in [-0.2, -0.15) is 0 Å². The largest absolute Gasteiger partial charge is 0.229 e. The average Bonchev–Trinajstić information content (AvgIpc) is 2.52. The fourth-order valence-electron chi connectivity index (χ4n) is 3.09. The number of hydrogen-bond donors (Lipinski definition) is 0. The molecule has 0 amide bonds. The molecule has 1 saturated carbocycles. The lowest BCUT2D eigenvalue weighted by Gasteiger charge is -2.29. The molecule has 3 atom stereocenters. The van der Waals surface area contributed by atoms with Gasteiger partial charge in [-0.05, 0) is 36.5 Å². The van der Waals surface area contributed by atoms with Crippen LogP contribution in [0.15, 0.2) is 0 Å². The highest BCUT2D eigenvalue weighted by Gasteiger charge is 2.52. The highest BCUT2D eigenvalue weighted by Crippen LogP contribution is 2.52. The van der Waals surface area contributed by atoms with Gasteiger partial charge >= 0.3 is 0 Å². The molecule has 2 rings (SSSR count). The predicted octanol–water partition coefficient (Wildman–Crippen LogP) is 2.25. The van der Waals surface area contributed by atoms with Gasteiger partial charge in [0.1, 0.15) is 0 Å². The van der Waals surface area contributed by atoms with Crippen molar-refractivity contribution in [2.45, 2.75) is 45.3 Å². The molecule has 0 aromatic carbocycles. The molecule has 2 nitrogen and oxygen atoms in total. The van der Waals surface area contributed by atoms with Crippen LogP contribution < -0.4 is 0 Å². The molecular formula is C11H20O2S. The maximum absolute atomic E-state index is 11.8. The van der Waals surface area contributed by atoms with E-state index in [1.807, 2.05) is 0 Å². The van der Waals surface area contributed by atoms with E-state index in [9.17, 15) is 8.42 Å². The second-order valence-electron chi connectivity index (χ2n) is 5.67. The summed E-state index contributed by atoms with van der Waals surface area (Å²) in [6.07, 6.45) is 2.93. The Hall–Kier alpha value is -0.0500. The van der Waals surface area contributed by atoms with E-state index in [1.54, 1.807) is 0 Å². The number of hydrogen-bond acceptors (Lipinski definition) is 2. The van der Waals surface area contributed by atoms with E-state index in [1.165, 1.54) is 0 Å². The molecule has 0 spiro atoms. The molecule has 1 aliphatic heterocycles. The molecule has 3 unspecified atom stereocenters. The Balaban J connectivity index is 2.24. The van der Waals surface area contributed by atoms with Gasteiger partial charge in [-0.25, -0.2) is 8.42 Å². The first-order valence-corrected chi connectivity index (χ1v) is 7.28. The molecule has 1 aliphatic carbocycles. The van der Waals surface area contributed by atoms with Crippen LogP contribution in [0.3, 0.4) is 0 Å². The third-order valence-corrected chi connectivity index (χ3v) is 6.83. The minimum Gasteiger partial charge on any atom is -0.229 e. The molecule has 2 fully saturated rings. The van der Waals surface area contributed by atoms with E-state index in [4.69, 9.17) is 0 Å². The molecule has 3 heteroatoms. The SMILES string of the molecule is CC(C)C1(C)CC2CCS(=O)(=O)C2C1. The lowest BCUT2D eigenvalue weighted by atomic mass is 9.77. The Labute approximate surface area is 87.0 Å². The fraction of sp³-hybridized carbons (Fsp3) is 1.00. The van der Waals surface area contributed by atoms with Crippen molar-refractivity contribution in [1.82, 2.24) is 0 Å². The predicted molar refractivity (Wildman–Crippen MR) is 57.9 cm³/mol. The third-order valence-electron chi connectivity index (χ3n) is 4.55. The Bertz CT molecular complexity index is 331. The van der Waals surface area contributed by atoms with E-state index in [-0.39, 0.29) is 10.7 Å². The first kappa shape index (κ1) is 10.5. The van der Waals surface area contributed by atoms with Crippen LogP contribution in [0.1, 0.15) is 40.0 Å². The molecule has 0 aromatic heterocycles. The van der Waals surface area contributed by atoms with Gasteiger partial charge in [0.2, 0.25) is 0 Å². The summed E-state index contributed by atoms with van der Waals surface area (Å²) in [6, 6.07) is 0. The standard InChI is InChI=1S/C11H20O2S/c1-8(2)11(3)6-9-4-5-14(12,13)10(9)7-11/h8-10H,4-7H2,1-3H3. The summed E-state index contributed by atoms with van der Waals surface area (Å²) in [5, 5.41) is -0.00472. The molecule has 0 N–H and O–H groups in total. The molecule has 0 bridgehead atoms. The van der Waals surface area contributed by atoms with Crippen molar-refractivity contribution in [3.8, 4) is 0 Å². The van der Waals surface area contributed by atoms with Gasteiger partial charge in [-0.15, -0.1) is 0 Å². The van der Waals surface area contributed by atoms with Crippen molar-refractivity contribution in [1.29, 1.82) is 0 Å². The summed E-state index contributed by atoms with van der Waals surface area (Å²) in [5.74, 6) is 1.51. The van der Waals surface area contributed by atoms with E-state index < -0.39 is 9.84 Å². The maximum Gasteiger partial charge on any atom is 0.153 e. The topological polar surface area (TPSA) is 34.1 Å². The van der Waals surface area contributed by atoms with Crippen LogP contribution in [0.4, 0.5) is 0 Å². The van der Waals surface area contributed by atoms with Gasteiger partial charge in [0.15, 0.2) is 9.84 Å². The van der Waals surface area contributed by atoms with E-state index in [0.29, 0.717) is 17.6 Å². The fourth-order valence-corrected chi connectivity index (χ4v) is 5.47. The van der Waals surface area contributed by atoms with Gasteiger partial charge in [0.05, 0.1) is 11.0 Å². The van der Waals surface area contributed by atoms with E-state index in [2.05, 4.69) is 20.8 Å². The van der Waals surface area contributed by atoms with Crippen LogP contribution in [0.2, 0.25) is 0 Å². The second kappa shape index (κ2) is 2.97. The van der Waals surface area contributed by atoms with Gasteiger partial charge in [0, 0.05) is 0 Å². The monoisotopic (exact) mass is 216 g/mol. The van der Waals surface area contributed by atoms with Crippen molar-refractivity contribution in [3.05, 3.63) is 0 Å². The summed E-state index contributed by atoms with van der Waals surface area (Å²) in [4.78, 5) is 0. The zero-order chi connectivity index (χ0) is 10.6. The maximum atomic E-state index is 11.8. The number of rotatable bonds is 1. The third kappa shape index (κ3) is 1.40. The van der Waals surface area contributed by atoms with Crippen LogP contribution in [0.5, 0.6) is 0 Å². The van der Waals surface area contributed by atoms with Gasteiger partial charge in [-0.1, -0.05) is 20.8 Å². The van der Waals surface area contributed by atoms with Crippen molar-refractivity contribution in [3.63, 3.8) is 0 Å². The highest BCUT2D eigenvalue weighted by molar-refractivity contribution is 7.92. The quantitative estimate of drug-likeness (QED) is 0.673. The Kier molecular flexibility index (Phi) is 2.22.